The Morgan fingerprint density at radius 2 is 1.84 bits per heavy atom. The van der Waals surface area contributed by atoms with Crippen molar-refractivity contribution in [2.24, 2.45) is 0 Å². The number of rotatable bonds is 3. The summed E-state index contributed by atoms with van der Waals surface area (Å²) in [4.78, 5) is 0. The molecule has 0 unspecified atom stereocenters. The third-order valence-corrected chi connectivity index (χ3v) is 3.28. The molecule has 0 bridgehead atoms. The van der Waals surface area contributed by atoms with Gasteiger partial charge in [0, 0.05) is 12.5 Å². The van der Waals surface area contributed by atoms with Crippen LogP contribution in [0.25, 0.3) is 22.2 Å². The van der Waals surface area contributed by atoms with Crippen LogP contribution >= 0.6 is 0 Å². The van der Waals surface area contributed by atoms with Crippen LogP contribution in [0.15, 0.2) is 54.6 Å². The van der Waals surface area contributed by atoms with Gasteiger partial charge in [-0.2, -0.15) is 0 Å². The van der Waals surface area contributed by atoms with Gasteiger partial charge in [-0.05, 0) is 17.7 Å². The van der Waals surface area contributed by atoms with Crippen LogP contribution in [-0.4, -0.2) is 11.7 Å². The van der Waals surface area contributed by atoms with Crippen molar-refractivity contribution in [3.8, 4) is 11.3 Å². The highest BCUT2D eigenvalue weighted by molar-refractivity contribution is 5.94. The minimum atomic E-state index is 0.488. The molecule has 0 atom stereocenters. The van der Waals surface area contributed by atoms with Crippen molar-refractivity contribution in [2.45, 2.75) is 6.73 Å². The van der Waals surface area contributed by atoms with Crippen LogP contribution in [0.3, 0.4) is 0 Å². The van der Waals surface area contributed by atoms with E-state index in [2.05, 4.69) is 28.8 Å². The Morgan fingerprint density at radius 1 is 1.05 bits per heavy atom. The van der Waals surface area contributed by atoms with Gasteiger partial charge in [0.15, 0.2) is 0 Å². The van der Waals surface area contributed by atoms with E-state index < -0.39 is 0 Å². The summed E-state index contributed by atoms with van der Waals surface area (Å²) in [7, 11) is 1.69. The highest BCUT2D eigenvalue weighted by Crippen LogP contribution is 2.31. The Kier molecular flexibility index (Phi) is 2.97. The number of methoxy groups -OCH3 is 1. The van der Waals surface area contributed by atoms with Crippen molar-refractivity contribution in [3.05, 3.63) is 54.6 Å². The Bertz CT molecular complexity index is 701. The van der Waals surface area contributed by atoms with E-state index in [-0.39, 0.29) is 0 Å². The maximum absolute atomic E-state index is 6.10. The van der Waals surface area contributed by atoms with Crippen molar-refractivity contribution in [1.82, 2.24) is 4.57 Å². The molecule has 3 heteroatoms. The number of para-hydroxylation sites is 1. The predicted molar refractivity (Wildman–Crippen MR) is 78.8 cm³/mol. The number of hydrogen-bond donors (Lipinski definition) is 1. The summed E-state index contributed by atoms with van der Waals surface area (Å²) in [5, 5.41) is 1.14. The number of fused-ring (bicyclic) bond motifs is 1. The van der Waals surface area contributed by atoms with E-state index in [9.17, 15) is 0 Å². The molecule has 1 aromatic heterocycles. The summed E-state index contributed by atoms with van der Waals surface area (Å²) in [6.45, 7) is 0.488. The van der Waals surface area contributed by atoms with E-state index in [1.54, 1.807) is 7.11 Å². The Morgan fingerprint density at radius 3 is 2.58 bits per heavy atom. The van der Waals surface area contributed by atoms with Gasteiger partial charge in [-0.25, -0.2) is 0 Å². The summed E-state index contributed by atoms with van der Waals surface area (Å²) in [6.07, 6.45) is 0. The molecule has 2 aromatic carbocycles. The standard InChI is InChI=1S/C16H16N2O/c1-19-11-18-15(12-6-3-2-4-7-12)10-13-8-5-9-14(17)16(13)18/h2-10H,11,17H2,1H3. The zero-order chi connectivity index (χ0) is 13.2. The lowest BCUT2D eigenvalue weighted by Gasteiger charge is -2.10. The van der Waals surface area contributed by atoms with Crippen LogP contribution in [0.5, 0.6) is 0 Å². The fourth-order valence-corrected chi connectivity index (χ4v) is 2.47. The Hall–Kier alpha value is -2.26. The molecular weight excluding hydrogens is 236 g/mol. The lowest BCUT2D eigenvalue weighted by Crippen LogP contribution is -2.03. The molecule has 0 saturated carbocycles. The normalized spacial score (nSPS) is 11.0. The van der Waals surface area contributed by atoms with E-state index in [1.807, 2.05) is 30.3 Å². The van der Waals surface area contributed by atoms with Crippen LogP contribution in [0.4, 0.5) is 5.69 Å². The number of nitrogen functional groups attached to an aromatic ring is 1. The van der Waals surface area contributed by atoms with Gasteiger partial charge in [-0.15, -0.1) is 0 Å². The molecule has 0 amide bonds. The van der Waals surface area contributed by atoms with Crippen molar-refractivity contribution in [2.75, 3.05) is 12.8 Å². The van der Waals surface area contributed by atoms with Gasteiger partial charge < -0.3 is 15.0 Å². The second kappa shape index (κ2) is 4.78. The predicted octanol–water partition coefficient (Wildman–Crippen LogP) is 3.49. The number of aromatic nitrogens is 1. The zero-order valence-electron chi connectivity index (χ0n) is 10.8. The monoisotopic (exact) mass is 252 g/mol. The maximum atomic E-state index is 6.10. The molecule has 3 aromatic rings. The van der Waals surface area contributed by atoms with E-state index in [0.717, 1.165) is 27.8 Å². The lowest BCUT2D eigenvalue weighted by atomic mass is 10.1. The molecule has 0 aliphatic carbocycles. The second-order valence-electron chi connectivity index (χ2n) is 4.53. The van der Waals surface area contributed by atoms with Crippen LogP contribution in [-0.2, 0) is 11.5 Å². The molecule has 2 N–H and O–H groups in total. The fourth-order valence-electron chi connectivity index (χ4n) is 2.47. The van der Waals surface area contributed by atoms with Crippen LogP contribution in [0, 0.1) is 0 Å². The Balaban J connectivity index is 2.30. The van der Waals surface area contributed by atoms with Gasteiger partial charge in [-0.1, -0.05) is 42.5 Å². The lowest BCUT2D eigenvalue weighted by molar-refractivity contribution is 0.136. The minimum Gasteiger partial charge on any atom is -0.397 e. The van der Waals surface area contributed by atoms with Crippen molar-refractivity contribution in [1.29, 1.82) is 0 Å². The maximum Gasteiger partial charge on any atom is 0.123 e. The number of hydrogen-bond acceptors (Lipinski definition) is 2. The van der Waals surface area contributed by atoms with Crippen LogP contribution < -0.4 is 5.73 Å². The van der Waals surface area contributed by atoms with Gasteiger partial charge >= 0.3 is 0 Å². The summed E-state index contributed by atoms with van der Waals surface area (Å²) in [5.41, 5.74) is 10.2. The number of benzene rings is 2. The average Bonchev–Trinajstić information content (AvgIpc) is 2.81. The summed E-state index contributed by atoms with van der Waals surface area (Å²) in [6, 6.07) is 18.4. The van der Waals surface area contributed by atoms with Crippen molar-refractivity contribution >= 4 is 16.6 Å². The third kappa shape index (κ3) is 1.98. The first kappa shape index (κ1) is 11.8. The molecule has 0 saturated heterocycles. The number of nitrogens with zero attached hydrogens (tertiary/aromatic N) is 1. The van der Waals surface area contributed by atoms with Crippen molar-refractivity contribution < 1.29 is 4.74 Å². The molecule has 0 aliphatic rings. The Labute approximate surface area is 112 Å². The van der Waals surface area contributed by atoms with Crippen LogP contribution in [0.1, 0.15) is 0 Å². The first-order chi connectivity index (χ1) is 9.31. The van der Waals surface area contributed by atoms with E-state index >= 15 is 0 Å². The molecule has 0 spiro atoms. The molecule has 0 radical (unpaired) electrons. The summed E-state index contributed by atoms with van der Waals surface area (Å²) < 4.78 is 7.43. The molecule has 3 nitrogen and oxygen atoms in total. The van der Waals surface area contributed by atoms with E-state index in [1.165, 1.54) is 0 Å². The second-order valence-corrected chi connectivity index (χ2v) is 4.53. The quantitative estimate of drug-likeness (QED) is 0.725. The van der Waals surface area contributed by atoms with E-state index in [4.69, 9.17) is 10.5 Å². The molecular formula is C16H16N2O. The third-order valence-electron chi connectivity index (χ3n) is 3.28. The fraction of sp³-hybridized carbons (Fsp3) is 0.125. The molecule has 96 valence electrons. The van der Waals surface area contributed by atoms with E-state index in [0.29, 0.717) is 6.73 Å². The zero-order valence-corrected chi connectivity index (χ0v) is 10.8. The van der Waals surface area contributed by atoms with Gasteiger partial charge in [0.1, 0.15) is 6.73 Å². The van der Waals surface area contributed by atoms with Gasteiger partial charge in [0.2, 0.25) is 0 Å². The van der Waals surface area contributed by atoms with Gasteiger partial charge in [0.05, 0.1) is 16.9 Å². The number of ether oxygens (including phenoxy) is 1. The average molecular weight is 252 g/mol. The molecule has 0 aliphatic heterocycles. The highest BCUT2D eigenvalue weighted by atomic mass is 16.5. The smallest absolute Gasteiger partial charge is 0.123 e. The molecule has 0 fully saturated rings. The molecule has 19 heavy (non-hydrogen) atoms. The van der Waals surface area contributed by atoms with Gasteiger partial charge in [0.25, 0.3) is 0 Å². The summed E-state index contributed by atoms with van der Waals surface area (Å²) in [5.74, 6) is 0. The van der Waals surface area contributed by atoms with Crippen LogP contribution in [0.2, 0.25) is 0 Å². The highest BCUT2D eigenvalue weighted by Gasteiger charge is 2.12. The SMILES string of the molecule is COCn1c(-c2ccccc2)cc2cccc(N)c21. The van der Waals surface area contributed by atoms with Gasteiger partial charge in [-0.3, -0.25) is 0 Å². The molecule has 3 rings (SSSR count). The number of anilines is 1. The first-order valence-electron chi connectivity index (χ1n) is 6.23. The largest absolute Gasteiger partial charge is 0.397 e. The van der Waals surface area contributed by atoms with Crippen molar-refractivity contribution in [3.63, 3.8) is 0 Å². The summed E-state index contributed by atoms with van der Waals surface area (Å²) >= 11 is 0. The first-order valence-corrected chi connectivity index (χ1v) is 6.23. The minimum absolute atomic E-state index is 0.488. The molecule has 1 heterocycles. The number of nitrogens with two attached hydrogens (primary N) is 1. The topological polar surface area (TPSA) is 40.2 Å².